The Labute approximate surface area is 152 Å². The number of hydrogen-bond donors (Lipinski definition) is 1. The molecule has 3 nitrogen and oxygen atoms in total. The molecule has 0 aliphatic heterocycles. The second kappa shape index (κ2) is 6.26. The lowest BCUT2D eigenvalue weighted by Gasteiger charge is -2.32. The number of aliphatic hydroxyl groups is 1. The van der Waals surface area contributed by atoms with Gasteiger partial charge in [0.05, 0.1) is 18.0 Å². The van der Waals surface area contributed by atoms with Gasteiger partial charge in [-0.05, 0) is 61.8 Å². The minimum Gasteiger partial charge on any atom is -0.387 e. The minimum atomic E-state index is -0.352. The second-order valence-electron chi connectivity index (χ2n) is 7.69. The number of rotatable bonds is 4. The van der Waals surface area contributed by atoms with Crippen molar-refractivity contribution in [2.24, 2.45) is 5.92 Å². The van der Waals surface area contributed by atoms with E-state index in [1.807, 2.05) is 23.9 Å². The average molecular weight is 353 g/mol. The van der Waals surface area contributed by atoms with E-state index in [0.29, 0.717) is 17.8 Å². The molecule has 2 aliphatic carbocycles. The fourth-order valence-electron chi connectivity index (χ4n) is 4.47. The number of hydrogen-bond acceptors (Lipinski definition) is 3. The fourth-order valence-corrected chi connectivity index (χ4v) is 5.77. The molecule has 0 unspecified atom stereocenters. The molecule has 130 valence electrons. The maximum Gasteiger partial charge on any atom is 0.120 e. The summed E-state index contributed by atoms with van der Waals surface area (Å²) in [6.07, 6.45) is 10.6. The maximum atomic E-state index is 11.2. The van der Waals surface area contributed by atoms with E-state index in [2.05, 4.69) is 39.7 Å². The van der Waals surface area contributed by atoms with Crippen molar-refractivity contribution in [2.75, 3.05) is 0 Å². The molecule has 0 radical (unpaired) electrons. The largest absolute Gasteiger partial charge is 0.387 e. The summed E-state index contributed by atoms with van der Waals surface area (Å²) in [5.74, 6) is 1.70. The van der Waals surface area contributed by atoms with Gasteiger partial charge in [0, 0.05) is 4.88 Å². The van der Waals surface area contributed by atoms with Gasteiger partial charge in [-0.15, -0.1) is 11.3 Å². The summed E-state index contributed by atoms with van der Waals surface area (Å²) in [4.78, 5) is 6.87. The summed E-state index contributed by atoms with van der Waals surface area (Å²) < 4.78 is 2.15. The molecule has 0 saturated heterocycles. The van der Waals surface area contributed by atoms with E-state index in [4.69, 9.17) is 0 Å². The number of nitrogens with zero attached hydrogens (tertiary/aromatic N) is 2. The molecule has 4 heteroatoms. The van der Waals surface area contributed by atoms with Crippen LogP contribution in [0.5, 0.6) is 0 Å². The van der Waals surface area contributed by atoms with Crippen molar-refractivity contribution in [1.82, 2.24) is 9.38 Å². The van der Waals surface area contributed by atoms with Gasteiger partial charge < -0.3 is 5.11 Å². The molecule has 2 saturated carbocycles. The van der Waals surface area contributed by atoms with Crippen LogP contribution in [0.2, 0.25) is 0 Å². The number of thiazole rings is 1. The van der Waals surface area contributed by atoms with Crippen molar-refractivity contribution in [2.45, 2.75) is 56.5 Å². The summed E-state index contributed by atoms with van der Waals surface area (Å²) in [5.41, 5.74) is 2.60. The van der Waals surface area contributed by atoms with Gasteiger partial charge in [-0.1, -0.05) is 30.3 Å². The minimum absolute atomic E-state index is 0.352. The molecule has 0 amide bonds. The standard InChI is InChI=1S/C21H24N2OS/c24-20(16-8-6-15(7-9-16)14-4-2-1-3-5-14)19-21(17-10-11-17)25-18-12-22-13-23(18)19/h1-5,12-13,15-17,20,24H,6-11H2/t15?,16?,20-/m0/s1. The molecule has 0 spiro atoms. The molecule has 1 aromatic carbocycles. The molecule has 2 fully saturated rings. The van der Waals surface area contributed by atoms with Crippen molar-refractivity contribution in [3.05, 3.63) is 59.0 Å². The van der Waals surface area contributed by atoms with Crippen molar-refractivity contribution in [3.8, 4) is 0 Å². The summed E-state index contributed by atoms with van der Waals surface area (Å²) in [6.45, 7) is 0. The van der Waals surface area contributed by atoms with Gasteiger partial charge in [0.25, 0.3) is 0 Å². The number of imidazole rings is 1. The summed E-state index contributed by atoms with van der Waals surface area (Å²) in [6, 6.07) is 10.9. The Bertz CT molecular complexity index is 857. The van der Waals surface area contributed by atoms with Gasteiger partial charge in [0.1, 0.15) is 11.2 Å². The first-order chi connectivity index (χ1) is 12.3. The van der Waals surface area contributed by atoms with Gasteiger partial charge in [0.2, 0.25) is 0 Å². The normalized spacial score (nSPS) is 25.3. The van der Waals surface area contributed by atoms with E-state index in [1.54, 1.807) is 0 Å². The molecule has 0 bridgehead atoms. The van der Waals surface area contributed by atoms with Crippen molar-refractivity contribution in [3.63, 3.8) is 0 Å². The van der Waals surface area contributed by atoms with E-state index in [-0.39, 0.29) is 6.10 Å². The summed E-state index contributed by atoms with van der Waals surface area (Å²) >= 11 is 1.83. The van der Waals surface area contributed by atoms with Crippen molar-refractivity contribution < 1.29 is 5.11 Å². The Morgan fingerprint density at radius 1 is 1.00 bits per heavy atom. The van der Waals surface area contributed by atoms with Crippen LogP contribution < -0.4 is 0 Å². The maximum absolute atomic E-state index is 11.2. The van der Waals surface area contributed by atoms with Crippen LogP contribution in [0.25, 0.3) is 4.83 Å². The quantitative estimate of drug-likeness (QED) is 0.693. The highest BCUT2D eigenvalue weighted by molar-refractivity contribution is 7.17. The van der Waals surface area contributed by atoms with Crippen LogP contribution in [-0.2, 0) is 0 Å². The molecule has 2 aliphatic rings. The Hall–Kier alpha value is -1.65. The summed E-state index contributed by atoms with van der Waals surface area (Å²) in [5, 5.41) is 11.2. The first-order valence-electron chi connectivity index (χ1n) is 9.49. The fraction of sp³-hybridized carbons (Fsp3) is 0.476. The molecule has 1 N–H and O–H groups in total. The lowest BCUT2D eigenvalue weighted by molar-refractivity contribution is 0.0760. The monoisotopic (exact) mass is 352 g/mol. The van der Waals surface area contributed by atoms with Crippen LogP contribution in [0.4, 0.5) is 0 Å². The third kappa shape index (κ3) is 2.81. The van der Waals surface area contributed by atoms with Gasteiger partial charge in [-0.3, -0.25) is 4.40 Å². The van der Waals surface area contributed by atoms with Crippen LogP contribution >= 0.6 is 11.3 Å². The van der Waals surface area contributed by atoms with E-state index >= 15 is 0 Å². The Balaban J connectivity index is 1.36. The van der Waals surface area contributed by atoms with E-state index < -0.39 is 0 Å². The summed E-state index contributed by atoms with van der Waals surface area (Å²) in [7, 11) is 0. The molecule has 2 aromatic heterocycles. The zero-order chi connectivity index (χ0) is 16.8. The third-order valence-electron chi connectivity index (χ3n) is 6.05. The lowest BCUT2D eigenvalue weighted by atomic mass is 9.76. The van der Waals surface area contributed by atoms with Gasteiger partial charge in [-0.25, -0.2) is 4.98 Å². The van der Waals surface area contributed by atoms with Crippen molar-refractivity contribution >= 4 is 16.2 Å². The molecule has 5 rings (SSSR count). The first kappa shape index (κ1) is 15.6. The molecule has 2 heterocycles. The molecule has 25 heavy (non-hydrogen) atoms. The number of aliphatic hydroxyl groups excluding tert-OH is 1. The van der Waals surface area contributed by atoms with E-state index in [0.717, 1.165) is 18.5 Å². The van der Waals surface area contributed by atoms with Crippen LogP contribution in [0.15, 0.2) is 42.9 Å². The zero-order valence-corrected chi connectivity index (χ0v) is 15.2. The number of benzene rings is 1. The van der Waals surface area contributed by atoms with Gasteiger partial charge in [-0.2, -0.15) is 0 Å². The third-order valence-corrected chi connectivity index (χ3v) is 7.32. The Morgan fingerprint density at radius 3 is 2.44 bits per heavy atom. The predicted molar refractivity (Wildman–Crippen MR) is 101 cm³/mol. The zero-order valence-electron chi connectivity index (χ0n) is 14.3. The van der Waals surface area contributed by atoms with E-state index in [1.165, 1.54) is 41.0 Å². The highest BCUT2D eigenvalue weighted by Crippen LogP contribution is 2.49. The molecular formula is C21H24N2OS. The number of fused-ring (bicyclic) bond motifs is 1. The van der Waals surface area contributed by atoms with Crippen LogP contribution in [-0.4, -0.2) is 14.5 Å². The van der Waals surface area contributed by atoms with Crippen LogP contribution in [0.1, 0.15) is 72.6 Å². The number of aromatic nitrogens is 2. The predicted octanol–water partition coefficient (Wildman–Crippen LogP) is 5.28. The van der Waals surface area contributed by atoms with Crippen LogP contribution in [0, 0.1) is 5.92 Å². The van der Waals surface area contributed by atoms with Gasteiger partial charge in [0.15, 0.2) is 0 Å². The van der Waals surface area contributed by atoms with Crippen LogP contribution in [0.3, 0.4) is 0 Å². The lowest BCUT2D eigenvalue weighted by Crippen LogP contribution is -2.21. The molecule has 3 aromatic rings. The molecule has 1 atom stereocenters. The Morgan fingerprint density at radius 2 is 1.72 bits per heavy atom. The van der Waals surface area contributed by atoms with Crippen molar-refractivity contribution in [1.29, 1.82) is 0 Å². The molecular weight excluding hydrogens is 328 g/mol. The van der Waals surface area contributed by atoms with Gasteiger partial charge >= 0.3 is 0 Å². The smallest absolute Gasteiger partial charge is 0.120 e. The average Bonchev–Trinajstić information content (AvgIpc) is 3.30. The highest BCUT2D eigenvalue weighted by Gasteiger charge is 2.36. The van der Waals surface area contributed by atoms with E-state index in [9.17, 15) is 5.11 Å². The highest BCUT2D eigenvalue weighted by atomic mass is 32.1. The topological polar surface area (TPSA) is 37.5 Å². The SMILES string of the molecule is O[C@H](c1c(C2CC2)sc2cncn12)C1CCC(c2ccccc2)CC1. The Kier molecular flexibility index (Phi) is 3.90. The first-order valence-corrected chi connectivity index (χ1v) is 10.3. The second-order valence-corrected chi connectivity index (χ2v) is 8.76.